The predicted molar refractivity (Wildman–Crippen MR) is 160 cm³/mol. The Morgan fingerprint density at radius 2 is 1.67 bits per heavy atom. The summed E-state index contributed by atoms with van der Waals surface area (Å²) in [6, 6.07) is 17.2. The summed E-state index contributed by atoms with van der Waals surface area (Å²) >= 11 is 0. The summed E-state index contributed by atoms with van der Waals surface area (Å²) in [5.74, 6) is -2.99. The number of anilines is 1. The smallest absolute Gasteiger partial charge is 0.265 e. The Hall–Kier alpha value is -4.62. The standard InChI is InChI=1S/C35H31FN2O4/c1-17-14-21(35(4,5)42)15-20-16-26-24(32(37)39)13-12-23(31(26)29(17)20)22-8-7-11-28(18(22)2)38-33(40)19(3)30-25(34(38)41)9-6-10-27(30)36/h6-15,19,42H,16H2,1-5H3,(H2,37,39). The molecule has 1 aliphatic heterocycles. The maximum atomic E-state index is 14.7. The fraction of sp³-hybridized carbons (Fsp3) is 0.229. The van der Waals surface area contributed by atoms with Crippen molar-refractivity contribution >= 4 is 23.4 Å². The van der Waals surface area contributed by atoms with Gasteiger partial charge in [-0.1, -0.05) is 36.4 Å². The topological polar surface area (TPSA) is 101 Å². The molecule has 0 bridgehead atoms. The van der Waals surface area contributed by atoms with Crippen LogP contribution in [-0.4, -0.2) is 22.8 Å². The van der Waals surface area contributed by atoms with Crippen LogP contribution in [0.3, 0.4) is 0 Å². The highest BCUT2D eigenvalue weighted by atomic mass is 19.1. The fourth-order valence-electron chi connectivity index (χ4n) is 6.56. The van der Waals surface area contributed by atoms with Crippen molar-refractivity contribution in [2.45, 2.75) is 52.6 Å². The van der Waals surface area contributed by atoms with Crippen LogP contribution in [0.1, 0.15) is 80.8 Å². The average molecular weight is 563 g/mol. The Labute approximate surface area is 243 Å². The van der Waals surface area contributed by atoms with Crippen molar-refractivity contribution in [1.29, 1.82) is 0 Å². The molecule has 6 nitrogen and oxygen atoms in total. The highest BCUT2D eigenvalue weighted by molar-refractivity contribution is 6.26. The van der Waals surface area contributed by atoms with E-state index in [4.69, 9.17) is 5.73 Å². The van der Waals surface area contributed by atoms with Crippen molar-refractivity contribution in [3.63, 3.8) is 0 Å². The van der Waals surface area contributed by atoms with Gasteiger partial charge in [0.05, 0.1) is 17.2 Å². The Morgan fingerprint density at radius 1 is 0.976 bits per heavy atom. The molecule has 2 aliphatic rings. The molecule has 212 valence electrons. The van der Waals surface area contributed by atoms with E-state index in [1.54, 1.807) is 45.0 Å². The summed E-state index contributed by atoms with van der Waals surface area (Å²) in [7, 11) is 0. The lowest BCUT2D eigenvalue weighted by Gasteiger charge is -2.32. The largest absolute Gasteiger partial charge is 0.386 e. The third-order valence-corrected chi connectivity index (χ3v) is 8.67. The molecule has 4 aromatic rings. The summed E-state index contributed by atoms with van der Waals surface area (Å²) in [6.45, 7) is 8.92. The molecule has 0 radical (unpaired) electrons. The zero-order valence-electron chi connectivity index (χ0n) is 24.1. The lowest BCUT2D eigenvalue weighted by atomic mass is 9.85. The number of aliphatic hydroxyl groups is 1. The molecular weight excluding hydrogens is 531 g/mol. The SMILES string of the molecule is Cc1cc(C(C)(C)O)cc2c1-c1c(-c3cccc(N4C(=O)c5cccc(F)c5C(C)C4=O)c3C)ccc(C(N)=O)c1C2. The highest BCUT2D eigenvalue weighted by Gasteiger charge is 2.40. The highest BCUT2D eigenvalue weighted by Crippen LogP contribution is 2.48. The van der Waals surface area contributed by atoms with E-state index in [-0.39, 0.29) is 11.1 Å². The van der Waals surface area contributed by atoms with Gasteiger partial charge in [0.2, 0.25) is 11.8 Å². The minimum Gasteiger partial charge on any atom is -0.386 e. The van der Waals surface area contributed by atoms with E-state index < -0.39 is 35.1 Å². The number of primary amides is 1. The van der Waals surface area contributed by atoms with E-state index in [0.717, 1.165) is 49.4 Å². The molecule has 4 aromatic carbocycles. The van der Waals surface area contributed by atoms with Gasteiger partial charge >= 0.3 is 0 Å². The van der Waals surface area contributed by atoms with Gasteiger partial charge in [-0.2, -0.15) is 0 Å². The number of nitrogens with two attached hydrogens (primary N) is 1. The Balaban J connectivity index is 1.56. The molecular formula is C35H31FN2O4. The summed E-state index contributed by atoms with van der Waals surface area (Å²) in [6.07, 6.45) is 0.475. The molecule has 0 spiro atoms. The zero-order valence-corrected chi connectivity index (χ0v) is 24.1. The molecule has 0 saturated heterocycles. The number of aryl methyl sites for hydroxylation is 1. The van der Waals surface area contributed by atoms with Gasteiger partial charge in [-0.25, -0.2) is 9.29 Å². The van der Waals surface area contributed by atoms with E-state index >= 15 is 0 Å². The van der Waals surface area contributed by atoms with Crippen molar-refractivity contribution in [2.75, 3.05) is 4.90 Å². The van der Waals surface area contributed by atoms with Crippen LogP contribution in [0.15, 0.2) is 60.7 Å². The molecule has 0 fully saturated rings. The van der Waals surface area contributed by atoms with Crippen molar-refractivity contribution in [2.24, 2.45) is 5.73 Å². The van der Waals surface area contributed by atoms with Crippen LogP contribution in [0, 0.1) is 19.7 Å². The van der Waals surface area contributed by atoms with Crippen molar-refractivity contribution in [3.05, 3.63) is 111 Å². The van der Waals surface area contributed by atoms with Gasteiger partial charge in [0.25, 0.3) is 5.91 Å². The van der Waals surface area contributed by atoms with Crippen molar-refractivity contribution in [3.8, 4) is 22.3 Å². The quantitative estimate of drug-likeness (QED) is 0.251. The van der Waals surface area contributed by atoms with Gasteiger partial charge in [-0.3, -0.25) is 14.4 Å². The average Bonchev–Trinajstić information content (AvgIpc) is 3.32. The first-order chi connectivity index (χ1) is 19.8. The summed E-state index contributed by atoms with van der Waals surface area (Å²) in [5, 5.41) is 10.7. The molecule has 0 saturated carbocycles. The van der Waals surface area contributed by atoms with Crippen molar-refractivity contribution in [1.82, 2.24) is 0 Å². The number of fused-ring (bicyclic) bond motifs is 4. The number of imide groups is 1. The lowest BCUT2D eigenvalue weighted by Crippen LogP contribution is -2.45. The number of nitrogens with zero attached hydrogens (tertiary/aromatic N) is 1. The summed E-state index contributed by atoms with van der Waals surface area (Å²) in [5.41, 5.74) is 13.6. The van der Waals surface area contributed by atoms with Crippen LogP contribution in [0.25, 0.3) is 22.3 Å². The van der Waals surface area contributed by atoms with E-state index in [1.807, 2.05) is 38.1 Å². The lowest BCUT2D eigenvalue weighted by molar-refractivity contribution is -0.119. The van der Waals surface area contributed by atoms with E-state index in [9.17, 15) is 23.9 Å². The van der Waals surface area contributed by atoms with Crippen LogP contribution in [0.2, 0.25) is 0 Å². The minimum atomic E-state index is -1.04. The van der Waals surface area contributed by atoms with Gasteiger partial charge in [0.1, 0.15) is 5.82 Å². The van der Waals surface area contributed by atoms with E-state index in [0.29, 0.717) is 23.2 Å². The normalized spacial score (nSPS) is 15.9. The first kappa shape index (κ1) is 27.5. The van der Waals surface area contributed by atoms with Gasteiger partial charge in [-0.15, -0.1) is 0 Å². The van der Waals surface area contributed by atoms with Crippen LogP contribution >= 0.6 is 0 Å². The van der Waals surface area contributed by atoms with Gasteiger partial charge in [0.15, 0.2) is 0 Å². The maximum absolute atomic E-state index is 14.7. The summed E-state index contributed by atoms with van der Waals surface area (Å²) in [4.78, 5) is 40.8. The zero-order chi connectivity index (χ0) is 30.2. The molecule has 1 heterocycles. The molecule has 3 amide bonds. The monoisotopic (exact) mass is 562 g/mol. The molecule has 6 rings (SSSR count). The Bertz CT molecular complexity index is 1870. The van der Waals surface area contributed by atoms with Crippen LogP contribution in [-0.2, 0) is 16.8 Å². The molecule has 1 atom stereocenters. The molecule has 1 unspecified atom stereocenters. The molecule has 3 N–H and O–H groups in total. The van der Waals surface area contributed by atoms with Gasteiger partial charge in [-0.05, 0) is 115 Å². The number of carbonyl (C=O) groups is 3. The number of hydrogen-bond donors (Lipinski definition) is 2. The van der Waals surface area contributed by atoms with E-state index in [1.165, 1.54) is 12.1 Å². The molecule has 1 aliphatic carbocycles. The van der Waals surface area contributed by atoms with Gasteiger partial charge < -0.3 is 10.8 Å². The van der Waals surface area contributed by atoms with Crippen LogP contribution in [0.5, 0.6) is 0 Å². The fourth-order valence-corrected chi connectivity index (χ4v) is 6.56. The second-order valence-corrected chi connectivity index (χ2v) is 11.8. The Morgan fingerprint density at radius 3 is 2.36 bits per heavy atom. The number of amides is 3. The number of rotatable bonds is 4. The molecule has 7 heteroatoms. The first-order valence-corrected chi connectivity index (χ1v) is 13.9. The number of carbonyl (C=O) groups excluding carboxylic acids is 3. The number of benzene rings is 4. The van der Waals surface area contributed by atoms with Crippen molar-refractivity contribution < 1.29 is 23.9 Å². The third kappa shape index (κ3) is 3.99. The maximum Gasteiger partial charge on any atom is 0.265 e. The first-order valence-electron chi connectivity index (χ1n) is 13.9. The molecule has 42 heavy (non-hydrogen) atoms. The number of hydrogen-bond acceptors (Lipinski definition) is 4. The number of halogens is 1. The predicted octanol–water partition coefficient (Wildman–Crippen LogP) is 6.30. The molecule has 0 aromatic heterocycles. The second kappa shape index (κ2) is 9.46. The van der Waals surface area contributed by atoms with Crippen LogP contribution < -0.4 is 10.6 Å². The third-order valence-electron chi connectivity index (χ3n) is 8.67. The minimum absolute atomic E-state index is 0.120. The Kier molecular flexibility index (Phi) is 6.20. The second-order valence-electron chi connectivity index (χ2n) is 11.8. The van der Waals surface area contributed by atoms with E-state index in [2.05, 4.69) is 0 Å². The van der Waals surface area contributed by atoms with Gasteiger partial charge in [0, 0.05) is 16.7 Å². The summed E-state index contributed by atoms with van der Waals surface area (Å²) < 4.78 is 14.7. The van der Waals surface area contributed by atoms with Crippen LogP contribution in [0.4, 0.5) is 10.1 Å².